The van der Waals surface area contributed by atoms with Gasteiger partial charge in [-0.15, -0.1) is 0 Å². The average Bonchev–Trinajstić information content (AvgIpc) is 3.19. The molecule has 3 aromatic rings. The number of cyclic esters (lactones) is 1. The van der Waals surface area contributed by atoms with Crippen LogP contribution in [0.1, 0.15) is 40.8 Å². The molecule has 1 aliphatic carbocycles. The number of benzene rings is 2. The Kier molecular flexibility index (Phi) is 6.88. The van der Waals surface area contributed by atoms with E-state index in [2.05, 4.69) is 23.1 Å². The number of esters is 1. The molecule has 2 aliphatic heterocycles. The summed E-state index contributed by atoms with van der Waals surface area (Å²) in [5.41, 5.74) is 9.45. The Balaban J connectivity index is 1.25. The number of aromatic nitrogens is 1. The molecule has 0 N–H and O–H groups in total. The smallest absolute Gasteiger partial charge is 0.336 e. The van der Waals surface area contributed by atoms with E-state index in [0.29, 0.717) is 12.3 Å². The quantitative estimate of drug-likeness (QED) is 0.377. The van der Waals surface area contributed by atoms with Gasteiger partial charge < -0.3 is 9.47 Å². The molecular weight excluding hydrogens is 496 g/mol. The Morgan fingerprint density at radius 3 is 2.68 bits per heavy atom. The van der Waals surface area contributed by atoms with Gasteiger partial charge in [-0.1, -0.05) is 47.5 Å². The van der Waals surface area contributed by atoms with Crippen molar-refractivity contribution in [1.29, 1.82) is 0 Å². The second kappa shape index (κ2) is 10.6. The summed E-state index contributed by atoms with van der Waals surface area (Å²) in [6.45, 7) is 2.46. The maximum Gasteiger partial charge on any atom is 0.336 e. The van der Waals surface area contributed by atoms with E-state index < -0.39 is 0 Å². The molecule has 0 bridgehead atoms. The third kappa shape index (κ3) is 4.92. The molecular formula is C32H29ClN2O3. The molecule has 0 saturated carbocycles. The minimum atomic E-state index is -0.322. The Morgan fingerprint density at radius 2 is 1.84 bits per heavy atom. The molecule has 6 heteroatoms. The standard InChI is InChI=1S/C32H29ClN2O3/c1-37-28-7-3-2-5-24(28)18-29-25(19-30(36)38-29)20-35-15-12-21(13-16-35)31-27-11-10-26(33)17-23(27)9-8-22-6-4-14-34-32(22)31/h2-7,10-11,14,17-19H,8-9,12-13,15-16,20H2,1H3/b29-18-. The summed E-state index contributed by atoms with van der Waals surface area (Å²) in [6, 6.07) is 18.2. The highest BCUT2D eigenvalue weighted by atomic mass is 35.5. The molecule has 1 aromatic heterocycles. The van der Waals surface area contributed by atoms with Gasteiger partial charge in [-0.25, -0.2) is 4.79 Å². The number of rotatable bonds is 4. The van der Waals surface area contributed by atoms with Crippen LogP contribution in [0.4, 0.5) is 0 Å². The molecule has 0 amide bonds. The first-order chi connectivity index (χ1) is 18.6. The number of hydrogen-bond acceptors (Lipinski definition) is 5. The van der Waals surface area contributed by atoms with Gasteiger partial charge in [-0.3, -0.25) is 9.88 Å². The Morgan fingerprint density at radius 1 is 1.03 bits per heavy atom. The third-order valence-corrected chi connectivity index (χ3v) is 7.82. The van der Waals surface area contributed by atoms with E-state index in [-0.39, 0.29) is 5.97 Å². The van der Waals surface area contributed by atoms with Crippen molar-refractivity contribution in [2.75, 3.05) is 26.7 Å². The summed E-state index contributed by atoms with van der Waals surface area (Å²) in [5.74, 6) is 1.02. The first-order valence-corrected chi connectivity index (χ1v) is 13.4. The fourth-order valence-corrected chi connectivity index (χ4v) is 5.89. The topological polar surface area (TPSA) is 51.7 Å². The molecule has 1 saturated heterocycles. The normalized spacial score (nSPS) is 18.5. The molecule has 0 spiro atoms. The first kappa shape index (κ1) is 24.7. The van der Waals surface area contributed by atoms with E-state index in [1.54, 1.807) is 13.2 Å². The maximum atomic E-state index is 12.2. The van der Waals surface area contributed by atoms with Crippen molar-refractivity contribution in [1.82, 2.24) is 9.88 Å². The molecule has 3 aliphatic rings. The largest absolute Gasteiger partial charge is 0.496 e. The van der Waals surface area contributed by atoms with Crippen molar-refractivity contribution in [3.8, 4) is 5.75 Å². The van der Waals surface area contributed by atoms with Crippen LogP contribution >= 0.6 is 11.6 Å². The number of carbonyl (C=O) groups excluding carboxylic acids is 1. The molecule has 0 unspecified atom stereocenters. The average molecular weight is 525 g/mol. The molecule has 1 fully saturated rings. The number of fused-ring (bicyclic) bond motifs is 2. The van der Waals surface area contributed by atoms with Crippen LogP contribution in [0.25, 0.3) is 11.6 Å². The molecule has 6 rings (SSSR count). The summed E-state index contributed by atoms with van der Waals surface area (Å²) >= 11 is 6.38. The van der Waals surface area contributed by atoms with Crippen LogP contribution in [0.2, 0.25) is 5.02 Å². The maximum absolute atomic E-state index is 12.2. The second-order valence-corrected chi connectivity index (χ2v) is 10.3. The SMILES string of the molecule is COc1ccccc1/C=C1\OC(=O)C=C1CN1CCC(=C2c3ccc(Cl)cc3CCc3cccnc32)CC1. The van der Waals surface area contributed by atoms with Crippen molar-refractivity contribution < 1.29 is 14.3 Å². The zero-order chi connectivity index (χ0) is 26.1. The number of pyridine rings is 1. The Bertz CT molecular complexity index is 1490. The third-order valence-electron chi connectivity index (χ3n) is 7.58. The summed E-state index contributed by atoms with van der Waals surface area (Å²) in [7, 11) is 1.64. The number of aryl methyl sites for hydroxylation is 2. The van der Waals surface area contributed by atoms with Crippen LogP contribution in [0.5, 0.6) is 5.75 Å². The molecule has 3 heterocycles. The van der Waals surface area contributed by atoms with Crippen molar-refractivity contribution in [3.05, 3.63) is 117 Å². The Hall–Kier alpha value is -3.67. The van der Waals surface area contributed by atoms with Gasteiger partial charge in [0.05, 0.1) is 12.8 Å². The molecule has 192 valence electrons. The molecule has 0 atom stereocenters. The minimum Gasteiger partial charge on any atom is -0.496 e. The lowest BCUT2D eigenvalue weighted by Gasteiger charge is -2.30. The van der Waals surface area contributed by atoms with E-state index >= 15 is 0 Å². The van der Waals surface area contributed by atoms with Gasteiger partial charge in [0.25, 0.3) is 0 Å². The predicted molar refractivity (Wildman–Crippen MR) is 150 cm³/mol. The van der Waals surface area contributed by atoms with E-state index in [0.717, 1.165) is 66.4 Å². The first-order valence-electron chi connectivity index (χ1n) is 13.0. The van der Waals surface area contributed by atoms with Crippen molar-refractivity contribution in [2.24, 2.45) is 0 Å². The fourth-order valence-electron chi connectivity index (χ4n) is 5.69. The van der Waals surface area contributed by atoms with Gasteiger partial charge in [0, 0.05) is 53.6 Å². The monoisotopic (exact) mass is 524 g/mol. The number of carbonyl (C=O) groups is 1. The minimum absolute atomic E-state index is 0.322. The zero-order valence-electron chi connectivity index (χ0n) is 21.4. The van der Waals surface area contributed by atoms with Gasteiger partial charge in [-0.2, -0.15) is 0 Å². The molecule has 5 nitrogen and oxygen atoms in total. The number of halogens is 1. The predicted octanol–water partition coefficient (Wildman–Crippen LogP) is 6.26. The summed E-state index contributed by atoms with van der Waals surface area (Å²) < 4.78 is 11.0. The summed E-state index contributed by atoms with van der Waals surface area (Å²) in [5, 5.41) is 0.778. The second-order valence-electron chi connectivity index (χ2n) is 9.91. The lowest BCUT2D eigenvalue weighted by molar-refractivity contribution is -0.132. The number of nitrogens with zero attached hydrogens (tertiary/aromatic N) is 2. The number of piperidine rings is 1. The van der Waals surface area contributed by atoms with E-state index in [1.807, 2.05) is 48.7 Å². The number of para-hydroxylation sites is 1. The lowest BCUT2D eigenvalue weighted by atomic mass is 9.88. The molecule has 0 radical (unpaired) electrons. The van der Waals surface area contributed by atoms with Crippen LogP contribution in [-0.4, -0.2) is 42.6 Å². The van der Waals surface area contributed by atoms with Crippen molar-refractivity contribution in [3.63, 3.8) is 0 Å². The van der Waals surface area contributed by atoms with E-state index in [4.69, 9.17) is 26.1 Å². The van der Waals surface area contributed by atoms with Gasteiger partial charge in [0.2, 0.25) is 0 Å². The number of hydrogen-bond donors (Lipinski definition) is 0. The van der Waals surface area contributed by atoms with Crippen LogP contribution in [0.15, 0.2) is 83.8 Å². The van der Waals surface area contributed by atoms with Crippen LogP contribution in [0.3, 0.4) is 0 Å². The number of methoxy groups -OCH3 is 1. The van der Waals surface area contributed by atoms with Gasteiger partial charge in [0.15, 0.2) is 0 Å². The molecule has 38 heavy (non-hydrogen) atoms. The molecule has 2 aromatic carbocycles. The van der Waals surface area contributed by atoms with Crippen molar-refractivity contribution in [2.45, 2.75) is 25.7 Å². The fraction of sp³-hybridized carbons (Fsp3) is 0.250. The highest BCUT2D eigenvalue weighted by Crippen LogP contribution is 2.39. The van der Waals surface area contributed by atoms with E-state index in [1.165, 1.54) is 27.8 Å². The lowest BCUT2D eigenvalue weighted by Crippen LogP contribution is -2.33. The van der Waals surface area contributed by atoms with Crippen molar-refractivity contribution >= 4 is 29.2 Å². The Labute approximate surface area is 228 Å². The van der Waals surface area contributed by atoms with Gasteiger partial charge in [0.1, 0.15) is 11.5 Å². The van der Waals surface area contributed by atoms with Crippen LogP contribution in [0, 0.1) is 0 Å². The van der Waals surface area contributed by atoms with E-state index in [9.17, 15) is 4.79 Å². The number of ether oxygens (including phenoxy) is 2. The van der Waals surface area contributed by atoms with Gasteiger partial charge >= 0.3 is 5.97 Å². The number of likely N-dealkylation sites (tertiary alicyclic amines) is 1. The summed E-state index contributed by atoms with van der Waals surface area (Å²) in [6.07, 6.45) is 9.21. The van der Waals surface area contributed by atoms with Gasteiger partial charge in [-0.05, 0) is 72.7 Å². The van der Waals surface area contributed by atoms with Crippen LogP contribution in [-0.2, 0) is 22.4 Å². The van der Waals surface area contributed by atoms with Crippen LogP contribution < -0.4 is 4.74 Å². The highest BCUT2D eigenvalue weighted by molar-refractivity contribution is 6.30. The highest BCUT2D eigenvalue weighted by Gasteiger charge is 2.27. The summed E-state index contributed by atoms with van der Waals surface area (Å²) in [4.78, 5) is 19.4. The zero-order valence-corrected chi connectivity index (χ0v) is 22.1.